The van der Waals surface area contributed by atoms with E-state index in [-0.39, 0.29) is 17.8 Å². The lowest BCUT2D eigenvalue weighted by atomic mass is 10.1. The fraction of sp³-hybridized carbons (Fsp3) is 0.462. The van der Waals surface area contributed by atoms with Crippen LogP contribution in [0.1, 0.15) is 24.8 Å². The third kappa shape index (κ3) is 3.29. The van der Waals surface area contributed by atoms with E-state index in [1.165, 1.54) is 6.07 Å². The van der Waals surface area contributed by atoms with Crippen LogP contribution in [-0.2, 0) is 4.79 Å². The molecule has 1 heterocycles. The number of carbonyl (C=O) groups is 1. The molecule has 2 N–H and O–H groups in total. The average molecular weight is 315 g/mol. The van der Waals surface area contributed by atoms with E-state index in [9.17, 15) is 9.18 Å². The number of benzene rings is 1. The van der Waals surface area contributed by atoms with Crippen LogP contribution in [0.25, 0.3) is 0 Å². The van der Waals surface area contributed by atoms with Gasteiger partial charge in [0.05, 0.1) is 4.47 Å². The highest BCUT2D eigenvalue weighted by Gasteiger charge is 2.18. The first-order chi connectivity index (χ1) is 8.56. The van der Waals surface area contributed by atoms with Gasteiger partial charge in [0, 0.05) is 18.2 Å². The summed E-state index contributed by atoms with van der Waals surface area (Å²) in [5.74, 6) is -0.348. The van der Waals surface area contributed by atoms with Crippen molar-refractivity contribution in [2.45, 2.75) is 32.2 Å². The largest absolute Gasteiger partial charge is 0.326 e. The number of hydrogen-bond donors (Lipinski definition) is 2. The molecule has 5 heteroatoms. The number of hydrogen-bond acceptors (Lipinski definition) is 2. The molecular formula is C13H16BrFN2O. The van der Waals surface area contributed by atoms with Gasteiger partial charge in [-0.3, -0.25) is 4.79 Å². The number of nitrogens with one attached hydrogen (secondary N) is 2. The number of rotatable bonds is 3. The molecule has 1 aliphatic rings. The average Bonchev–Trinajstić information content (AvgIpc) is 2.78. The summed E-state index contributed by atoms with van der Waals surface area (Å²) in [5.41, 5.74) is 1.38. The predicted octanol–water partition coefficient (Wildman–Crippen LogP) is 2.98. The van der Waals surface area contributed by atoms with Crippen LogP contribution in [0.15, 0.2) is 16.6 Å². The number of carbonyl (C=O) groups excluding carboxylic acids is 1. The van der Waals surface area contributed by atoms with Crippen molar-refractivity contribution in [2.75, 3.05) is 11.9 Å². The van der Waals surface area contributed by atoms with Crippen molar-refractivity contribution in [1.82, 2.24) is 5.32 Å². The second kappa shape index (κ2) is 5.80. The summed E-state index contributed by atoms with van der Waals surface area (Å²) in [4.78, 5) is 11.9. The first kappa shape index (κ1) is 13.5. The van der Waals surface area contributed by atoms with E-state index in [2.05, 4.69) is 26.6 Å². The van der Waals surface area contributed by atoms with Crippen LogP contribution in [0.5, 0.6) is 0 Å². The molecule has 1 fully saturated rings. The summed E-state index contributed by atoms with van der Waals surface area (Å²) in [6, 6.07) is 3.28. The van der Waals surface area contributed by atoms with E-state index >= 15 is 0 Å². The van der Waals surface area contributed by atoms with Gasteiger partial charge in [0.1, 0.15) is 5.82 Å². The number of halogens is 2. The Hall–Kier alpha value is -0.940. The molecule has 1 aromatic carbocycles. The van der Waals surface area contributed by atoms with Crippen molar-refractivity contribution >= 4 is 27.5 Å². The van der Waals surface area contributed by atoms with Gasteiger partial charge in [0.25, 0.3) is 0 Å². The Morgan fingerprint density at radius 3 is 3.06 bits per heavy atom. The van der Waals surface area contributed by atoms with Crippen LogP contribution >= 0.6 is 15.9 Å². The maximum atomic E-state index is 13.3. The van der Waals surface area contributed by atoms with Gasteiger partial charge in [0.2, 0.25) is 5.91 Å². The minimum absolute atomic E-state index is 0.0315. The van der Waals surface area contributed by atoms with E-state index in [4.69, 9.17) is 0 Å². The Balaban J connectivity index is 2.00. The quantitative estimate of drug-likeness (QED) is 0.900. The molecule has 98 valence electrons. The molecule has 1 aromatic rings. The molecule has 0 bridgehead atoms. The zero-order valence-electron chi connectivity index (χ0n) is 10.2. The van der Waals surface area contributed by atoms with Gasteiger partial charge in [-0.15, -0.1) is 0 Å². The third-order valence-electron chi connectivity index (χ3n) is 3.14. The monoisotopic (exact) mass is 314 g/mol. The van der Waals surface area contributed by atoms with E-state index in [0.29, 0.717) is 16.6 Å². The lowest BCUT2D eigenvalue weighted by Crippen LogP contribution is -2.27. The Morgan fingerprint density at radius 1 is 1.61 bits per heavy atom. The van der Waals surface area contributed by atoms with Gasteiger partial charge in [-0.05, 0) is 59.9 Å². The molecule has 0 radical (unpaired) electrons. The minimum Gasteiger partial charge on any atom is -0.326 e. The molecule has 0 aromatic heterocycles. The van der Waals surface area contributed by atoms with Crippen LogP contribution in [0.3, 0.4) is 0 Å². The van der Waals surface area contributed by atoms with Gasteiger partial charge in [-0.25, -0.2) is 4.39 Å². The summed E-state index contributed by atoms with van der Waals surface area (Å²) >= 11 is 3.12. The molecule has 2 rings (SSSR count). The molecule has 0 spiro atoms. The Bertz CT molecular complexity index is 459. The topological polar surface area (TPSA) is 41.1 Å². The number of anilines is 1. The van der Waals surface area contributed by atoms with Crippen LogP contribution in [0, 0.1) is 12.7 Å². The summed E-state index contributed by atoms with van der Waals surface area (Å²) in [5, 5.41) is 6.11. The number of amides is 1. The third-order valence-corrected chi connectivity index (χ3v) is 3.74. The van der Waals surface area contributed by atoms with Crippen molar-refractivity contribution in [3.05, 3.63) is 28.0 Å². The zero-order chi connectivity index (χ0) is 13.1. The summed E-state index contributed by atoms with van der Waals surface area (Å²) in [6.07, 6.45) is 2.63. The first-order valence-corrected chi connectivity index (χ1v) is 6.84. The molecule has 18 heavy (non-hydrogen) atoms. The van der Waals surface area contributed by atoms with Crippen molar-refractivity contribution in [3.8, 4) is 0 Å². The molecular weight excluding hydrogens is 299 g/mol. The molecule has 0 aliphatic carbocycles. The van der Waals surface area contributed by atoms with Crippen molar-refractivity contribution in [1.29, 1.82) is 0 Å². The molecule has 1 aliphatic heterocycles. The fourth-order valence-electron chi connectivity index (χ4n) is 2.14. The van der Waals surface area contributed by atoms with Crippen molar-refractivity contribution < 1.29 is 9.18 Å². The molecule has 1 saturated heterocycles. The second-order valence-electron chi connectivity index (χ2n) is 4.63. The van der Waals surface area contributed by atoms with Gasteiger partial charge in [-0.2, -0.15) is 0 Å². The van der Waals surface area contributed by atoms with Gasteiger partial charge >= 0.3 is 0 Å². The Labute approximate surface area is 114 Å². The maximum absolute atomic E-state index is 13.3. The Kier molecular flexibility index (Phi) is 4.35. The van der Waals surface area contributed by atoms with Crippen LogP contribution in [-0.4, -0.2) is 18.5 Å². The highest BCUT2D eigenvalue weighted by molar-refractivity contribution is 9.10. The summed E-state index contributed by atoms with van der Waals surface area (Å²) in [7, 11) is 0. The maximum Gasteiger partial charge on any atom is 0.225 e. The highest BCUT2D eigenvalue weighted by atomic mass is 79.9. The number of aryl methyl sites for hydroxylation is 1. The minimum atomic E-state index is -0.317. The van der Waals surface area contributed by atoms with E-state index in [1.807, 2.05) is 0 Å². The lowest BCUT2D eigenvalue weighted by Gasteiger charge is -2.12. The van der Waals surface area contributed by atoms with Gasteiger partial charge < -0.3 is 10.6 Å². The summed E-state index contributed by atoms with van der Waals surface area (Å²) < 4.78 is 13.6. The standard InChI is InChI=1S/C13H16BrFN2O/c1-8-5-11(15)10(14)7-12(8)17-13(18)6-9-3-2-4-16-9/h5,7,9,16H,2-4,6H2,1H3,(H,17,18). The lowest BCUT2D eigenvalue weighted by molar-refractivity contribution is -0.116. The predicted molar refractivity (Wildman–Crippen MR) is 73.1 cm³/mol. The normalized spacial score (nSPS) is 18.9. The van der Waals surface area contributed by atoms with Crippen LogP contribution < -0.4 is 10.6 Å². The Morgan fingerprint density at radius 2 is 2.39 bits per heavy atom. The van der Waals surface area contributed by atoms with E-state index in [1.54, 1.807) is 13.0 Å². The van der Waals surface area contributed by atoms with Crippen molar-refractivity contribution in [2.24, 2.45) is 0 Å². The highest BCUT2D eigenvalue weighted by Crippen LogP contribution is 2.24. The van der Waals surface area contributed by atoms with Gasteiger partial charge in [-0.1, -0.05) is 0 Å². The zero-order valence-corrected chi connectivity index (χ0v) is 11.8. The molecule has 0 saturated carbocycles. The van der Waals surface area contributed by atoms with Gasteiger partial charge in [0.15, 0.2) is 0 Å². The first-order valence-electron chi connectivity index (χ1n) is 6.05. The molecule has 1 amide bonds. The SMILES string of the molecule is Cc1cc(F)c(Br)cc1NC(=O)CC1CCCN1. The van der Waals surface area contributed by atoms with Crippen LogP contribution in [0.2, 0.25) is 0 Å². The van der Waals surface area contributed by atoms with E-state index in [0.717, 1.165) is 24.9 Å². The van der Waals surface area contributed by atoms with Crippen LogP contribution in [0.4, 0.5) is 10.1 Å². The fourth-order valence-corrected chi connectivity index (χ4v) is 2.48. The second-order valence-corrected chi connectivity index (χ2v) is 5.48. The summed E-state index contributed by atoms with van der Waals surface area (Å²) in [6.45, 7) is 2.76. The molecule has 3 nitrogen and oxygen atoms in total. The van der Waals surface area contributed by atoms with Crippen molar-refractivity contribution in [3.63, 3.8) is 0 Å². The van der Waals surface area contributed by atoms with E-state index < -0.39 is 0 Å². The molecule has 1 unspecified atom stereocenters. The molecule has 1 atom stereocenters. The smallest absolute Gasteiger partial charge is 0.225 e.